The summed E-state index contributed by atoms with van der Waals surface area (Å²) in [5, 5.41) is 30.6. The predicted octanol–water partition coefficient (Wildman–Crippen LogP) is 2.16. The van der Waals surface area contributed by atoms with Crippen LogP contribution in [0.5, 0.6) is 5.88 Å². The van der Waals surface area contributed by atoms with Crippen molar-refractivity contribution in [3.8, 4) is 5.88 Å². The first-order valence-corrected chi connectivity index (χ1v) is 13.0. The van der Waals surface area contributed by atoms with E-state index in [1.165, 1.54) is 0 Å². The van der Waals surface area contributed by atoms with E-state index in [2.05, 4.69) is 39.2 Å². The molecule has 0 radical (unpaired) electrons. The number of aromatic nitrogens is 3. The second-order valence-electron chi connectivity index (χ2n) is 9.54. The normalized spacial score (nSPS) is 15.8. The van der Waals surface area contributed by atoms with Crippen LogP contribution in [0.1, 0.15) is 31.7 Å². The highest BCUT2D eigenvalue weighted by Crippen LogP contribution is 2.33. The maximum absolute atomic E-state index is 13.7. The number of pyridine rings is 1. The summed E-state index contributed by atoms with van der Waals surface area (Å²) in [6, 6.07) is 9.81. The lowest BCUT2D eigenvalue weighted by molar-refractivity contribution is -0.133. The summed E-state index contributed by atoms with van der Waals surface area (Å²) in [7, 11) is 0. The molecule has 1 aliphatic heterocycles. The van der Waals surface area contributed by atoms with Crippen LogP contribution in [-0.2, 0) is 4.79 Å². The van der Waals surface area contributed by atoms with Crippen molar-refractivity contribution in [2.75, 3.05) is 50.8 Å². The zero-order chi connectivity index (χ0) is 26.4. The number of nitrogens with zero attached hydrogens (tertiary/aromatic N) is 4. The van der Waals surface area contributed by atoms with Gasteiger partial charge in [0.2, 0.25) is 11.8 Å². The van der Waals surface area contributed by atoms with Crippen molar-refractivity contribution >= 4 is 34.2 Å². The molecule has 1 unspecified atom stereocenters. The summed E-state index contributed by atoms with van der Waals surface area (Å²) >= 11 is 6.09. The molecule has 3 heterocycles. The lowest BCUT2D eigenvalue weighted by atomic mass is 9.93. The molecule has 10 nitrogen and oxygen atoms in total. The van der Waals surface area contributed by atoms with Crippen molar-refractivity contribution in [2.45, 2.75) is 38.3 Å². The van der Waals surface area contributed by atoms with Crippen molar-refractivity contribution in [3.05, 3.63) is 47.1 Å². The van der Waals surface area contributed by atoms with Gasteiger partial charge in [-0.25, -0.2) is 4.98 Å². The molecule has 1 aromatic carbocycles. The van der Waals surface area contributed by atoms with Crippen LogP contribution in [0.15, 0.2) is 36.5 Å². The van der Waals surface area contributed by atoms with Crippen molar-refractivity contribution < 1.29 is 19.7 Å². The SMILES string of the molecule is CC(C)NCC[C@@H](C(=O)N1CCN(c2ccnc3[nH]nc(OCC(O)CO)c23)CC1)c1ccc(Cl)cc1. The number of aromatic amines is 1. The number of carbonyl (C=O) groups is 1. The van der Waals surface area contributed by atoms with Gasteiger partial charge >= 0.3 is 0 Å². The molecule has 1 amide bonds. The monoisotopic (exact) mass is 530 g/mol. The number of rotatable bonds is 11. The highest BCUT2D eigenvalue weighted by Gasteiger charge is 2.29. The molecule has 0 saturated carbocycles. The lowest BCUT2D eigenvalue weighted by Crippen LogP contribution is -2.50. The number of halogens is 1. The molecule has 11 heteroatoms. The average Bonchev–Trinajstić information content (AvgIpc) is 3.33. The topological polar surface area (TPSA) is 127 Å². The number of hydrogen-bond donors (Lipinski definition) is 4. The van der Waals surface area contributed by atoms with Crippen LogP contribution in [0.25, 0.3) is 11.0 Å². The number of ether oxygens (including phenoxy) is 1. The van der Waals surface area contributed by atoms with Crippen LogP contribution in [0.2, 0.25) is 5.02 Å². The maximum Gasteiger partial charge on any atom is 0.244 e. The Morgan fingerprint density at radius 3 is 2.59 bits per heavy atom. The van der Waals surface area contributed by atoms with Crippen LogP contribution in [-0.4, -0.2) is 94.3 Å². The van der Waals surface area contributed by atoms with Crippen molar-refractivity contribution in [1.82, 2.24) is 25.4 Å². The van der Waals surface area contributed by atoms with E-state index in [9.17, 15) is 9.90 Å². The molecule has 4 rings (SSSR count). The fourth-order valence-corrected chi connectivity index (χ4v) is 4.66. The maximum atomic E-state index is 13.7. The van der Waals surface area contributed by atoms with E-state index in [0.29, 0.717) is 60.6 Å². The van der Waals surface area contributed by atoms with E-state index in [1.54, 1.807) is 6.20 Å². The van der Waals surface area contributed by atoms with Gasteiger partial charge in [-0.1, -0.05) is 37.6 Å². The summed E-state index contributed by atoms with van der Waals surface area (Å²) in [5.74, 6) is 0.205. The van der Waals surface area contributed by atoms with Gasteiger partial charge < -0.3 is 30.1 Å². The first kappa shape index (κ1) is 27.1. The molecule has 0 spiro atoms. The number of H-pyrrole nitrogens is 1. The summed E-state index contributed by atoms with van der Waals surface area (Å²) in [4.78, 5) is 22.1. The largest absolute Gasteiger partial charge is 0.473 e. The van der Waals surface area contributed by atoms with Crippen LogP contribution in [0.3, 0.4) is 0 Å². The van der Waals surface area contributed by atoms with E-state index in [0.717, 1.165) is 17.8 Å². The predicted molar refractivity (Wildman–Crippen MR) is 143 cm³/mol. The van der Waals surface area contributed by atoms with E-state index in [1.807, 2.05) is 35.2 Å². The minimum Gasteiger partial charge on any atom is -0.473 e. The van der Waals surface area contributed by atoms with Crippen LogP contribution >= 0.6 is 11.6 Å². The Bertz CT molecular complexity index is 1160. The summed E-state index contributed by atoms with van der Waals surface area (Å²) < 4.78 is 5.65. The van der Waals surface area contributed by atoms with Crippen LogP contribution in [0, 0.1) is 0 Å². The Morgan fingerprint density at radius 1 is 1.19 bits per heavy atom. The summed E-state index contributed by atoms with van der Waals surface area (Å²) in [6.07, 6.45) is 1.42. The number of amides is 1. The molecule has 37 heavy (non-hydrogen) atoms. The van der Waals surface area contributed by atoms with E-state index < -0.39 is 12.7 Å². The standard InChI is InChI=1S/C26H35ClN6O4/c1-17(2)28-9-7-21(18-3-5-19(27)6-4-18)26(36)33-13-11-32(12-14-33)22-8-10-29-24-23(22)25(31-30-24)37-16-20(35)15-34/h3-6,8,10,17,20-21,28,34-35H,7,9,11-16H2,1-2H3,(H,29,30,31)/t20?,21-/m1/s1. The van der Waals surface area contributed by atoms with Gasteiger partial charge in [-0.15, -0.1) is 5.10 Å². The van der Waals surface area contributed by atoms with Gasteiger partial charge in [0.15, 0.2) is 5.65 Å². The van der Waals surface area contributed by atoms with E-state index in [4.69, 9.17) is 21.4 Å². The highest BCUT2D eigenvalue weighted by atomic mass is 35.5. The average molecular weight is 531 g/mol. The summed E-state index contributed by atoms with van der Waals surface area (Å²) in [5.41, 5.74) is 2.45. The molecule has 1 saturated heterocycles. The van der Waals surface area contributed by atoms with E-state index >= 15 is 0 Å². The number of carbonyl (C=O) groups excluding carboxylic acids is 1. The molecule has 0 bridgehead atoms. The van der Waals surface area contributed by atoms with Gasteiger partial charge in [-0.3, -0.25) is 9.89 Å². The van der Waals surface area contributed by atoms with Crippen molar-refractivity contribution in [1.29, 1.82) is 0 Å². The Labute approximate surface area is 221 Å². The molecule has 200 valence electrons. The number of benzene rings is 1. The molecule has 2 aromatic heterocycles. The lowest BCUT2D eigenvalue weighted by Gasteiger charge is -2.38. The smallest absolute Gasteiger partial charge is 0.244 e. The van der Waals surface area contributed by atoms with Crippen molar-refractivity contribution in [2.24, 2.45) is 0 Å². The van der Waals surface area contributed by atoms with Gasteiger partial charge in [0, 0.05) is 43.4 Å². The third kappa shape index (κ3) is 6.70. The Balaban J connectivity index is 1.46. The first-order chi connectivity index (χ1) is 17.9. The van der Waals surface area contributed by atoms with E-state index in [-0.39, 0.29) is 18.4 Å². The minimum atomic E-state index is -0.995. The molecular formula is C26H35ClN6O4. The molecule has 0 aliphatic carbocycles. The van der Waals surface area contributed by atoms with Gasteiger partial charge in [-0.2, -0.15) is 0 Å². The quantitative estimate of drug-likeness (QED) is 0.297. The number of aliphatic hydroxyl groups excluding tert-OH is 2. The number of piperazine rings is 1. The molecule has 3 aromatic rings. The van der Waals surface area contributed by atoms with Crippen LogP contribution < -0.4 is 15.0 Å². The van der Waals surface area contributed by atoms with Crippen LogP contribution in [0.4, 0.5) is 5.69 Å². The number of hydrogen-bond acceptors (Lipinski definition) is 8. The third-order valence-corrected chi connectivity index (χ3v) is 6.77. The number of fused-ring (bicyclic) bond motifs is 1. The number of nitrogens with one attached hydrogen (secondary N) is 2. The number of anilines is 1. The minimum absolute atomic E-state index is 0.0786. The zero-order valence-corrected chi connectivity index (χ0v) is 22.0. The number of aliphatic hydroxyl groups is 2. The molecular weight excluding hydrogens is 496 g/mol. The zero-order valence-electron chi connectivity index (χ0n) is 21.2. The second-order valence-corrected chi connectivity index (χ2v) is 9.98. The van der Waals surface area contributed by atoms with Gasteiger partial charge in [0.25, 0.3) is 0 Å². The Morgan fingerprint density at radius 2 is 1.92 bits per heavy atom. The molecule has 1 aliphatic rings. The Kier molecular flexibility index (Phi) is 9.20. The van der Waals surface area contributed by atoms with Gasteiger partial charge in [0.05, 0.1) is 18.2 Å². The molecule has 2 atom stereocenters. The second kappa shape index (κ2) is 12.6. The third-order valence-electron chi connectivity index (χ3n) is 6.52. The molecule has 4 N–H and O–H groups in total. The molecule has 1 fully saturated rings. The fraction of sp³-hybridized carbons (Fsp3) is 0.500. The highest BCUT2D eigenvalue weighted by molar-refractivity contribution is 6.30. The summed E-state index contributed by atoms with van der Waals surface area (Å²) in [6.45, 7) is 6.93. The van der Waals surface area contributed by atoms with Gasteiger partial charge in [-0.05, 0) is 36.7 Å². The Hall–Kier alpha value is -2.92. The first-order valence-electron chi connectivity index (χ1n) is 12.6. The van der Waals surface area contributed by atoms with Gasteiger partial charge in [0.1, 0.15) is 18.1 Å². The van der Waals surface area contributed by atoms with Crippen molar-refractivity contribution in [3.63, 3.8) is 0 Å². The fourth-order valence-electron chi connectivity index (χ4n) is 4.53.